The molecule has 1 aromatic carbocycles. The minimum atomic E-state index is -0.00242. The Hall–Kier alpha value is -1.06. The number of benzene rings is 1. The molecule has 0 unspecified atom stereocenters. The molecule has 0 bridgehead atoms. The molecule has 0 radical (unpaired) electrons. The van der Waals surface area contributed by atoms with Gasteiger partial charge in [0.1, 0.15) is 0 Å². The van der Waals surface area contributed by atoms with Crippen molar-refractivity contribution in [1.82, 2.24) is 5.32 Å². The summed E-state index contributed by atoms with van der Waals surface area (Å²) in [4.78, 5) is 12.0. The highest BCUT2D eigenvalue weighted by Gasteiger charge is 2.19. The topological polar surface area (TPSA) is 55.1 Å². The van der Waals surface area contributed by atoms with Crippen LogP contribution >= 0.6 is 11.6 Å². The summed E-state index contributed by atoms with van der Waals surface area (Å²) in [6, 6.07) is 7.54. The van der Waals surface area contributed by atoms with E-state index in [1.807, 2.05) is 31.2 Å². The molecule has 0 spiro atoms. The first kappa shape index (κ1) is 17.0. The van der Waals surface area contributed by atoms with E-state index in [4.69, 9.17) is 17.3 Å². The first-order valence-corrected chi connectivity index (χ1v) is 7.47. The van der Waals surface area contributed by atoms with E-state index in [9.17, 15) is 4.79 Å². The maximum absolute atomic E-state index is 12.0. The molecule has 0 fully saturated rings. The van der Waals surface area contributed by atoms with Crippen LogP contribution in [0.25, 0.3) is 0 Å². The summed E-state index contributed by atoms with van der Waals surface area (Å²) >= 11 is 5.85. The van der Waals surface area contributed by atoms with E-state index < -0.39 is 0 Å². The van der Waals surface area contributed by atoms with Crippen molar-refractivity contribution in [2.24, 2.45) is 11.1 Å². The summed E-state index contributed by atoms with van der Waals surface area (Å²) in [7, 11) is 0. The summed E-state index contributed by atoms with van der Waals surface area (Å²) < 4.78 is 0. The molecule has 1 atom stereocenters. The molecule has 0 aromatic heterocycles. The van der Waals surface area contributed by atoms with Gasteiger partial charge < -0.3 is 11.1 Å². The standard InChI is InChI=1S/C16H25ClN2O/c1-12(13-4-6-14(17)7-5-13)19-15(20)8-9-16(2,3)10-11-18/h4-7,12H,8-11,18H2,1-3H3,(H,19,20)/t12-/m1/s1. The molecular formula is C16H25ClN2O. The van der Waals surface area contributed by atoms with Crippen molar-refractivity contribution in [2.75, 3.05) is 6.54 Å². The van der Waals surface area contributed by atoms with Gasteiger partial charge in [-0.1, -0.05) is 37.6 Å². The van der Waals surface area contributed by atoms with Gasteiger partial charge in [-0.3, -0.25) is 4.79 Å². The first-order valence-electron chi connectivity index (χ1n) is 7.09. The number of amides is 1. The second kappa shape index (κ2) is 7.65. The number of hydrogen-bond donors (Lipinski definition) is 2. The van der Waals surface area contributed by atoms with E-state index in [2.05, 4.69) is 19.2 Å². The van der Waals surface area contributed by atoms with E-state index in [0.29, 0.717) is 18.0 Å². The van der Waals surface area contributed by atoms with Gasteiger partial charge >= 0.3 is 0 Å². The largest absolute Gasteiger partial charge is 0.350 e. The van der Waals surface area contributed by atoms with Crippen LogP contribution in [-0.2, 0) is 4.79 Å². The minimum absolute atomic E-state index is 0.00242. The maximum atomic E-state index is 12.0. The Balaban J connectivity index is 2.44. The van der Waals surface area contributed by atoms with Crippen LogP contribution in [0.15, 0.2) is 24.3 Å². The van der Waals surface area contributed by atoms with Crippen molar-refractivity contribution in [3.05, 3.63) is 34.9 Å². The fraction of sp³-hybridized carbons (Fsp3) is 0.562. The molecule has 20 heavy (non-hydrogen) atoms. The van der Waals surface area contributed by atoms with Crippen LogP contribution in [0.1, 0.15) is 51.6 Å². The second-order valence-electron chi connectivity index (χ2n) is 6.04. The third kappa shape index (κ3) is 5.93. The van der Waals surface area contributed by atoms with Crippen molar-refractivity contribution < 1.29 is 4.79 Å². The van der Waals surface area contributed by atoms with Crippen LogP contribution < -0.4 is 11.1 Å². The van der Waals surface area contributed by atoms with Crippen LogP contribution in [0.4, 0.5) is 0 Å². The Labute approximate surface area is 126 Å². The zero-order valence-corrected chi connectivity index (χ0v) is 13.3. The molecule has 0 heterocycles. The van der Waals surface area contributed by atoms with Crippen molar-refractivity contribution >= 4 is 17.5 Å². The zero-order chi connectivity index (χ0) is 15.2. The maximum Gasteiger partial charge on any atom is 0.220 e. The van der Waals surface area contributed by atoms with Gasteiger partial charge in [-0.2, -0.15) is 0 Å². The molecule has 0 aliphatic rings. The predicted molar refractivity (Wildman–Crippen MR) is 84.7 cm³/mol. The summed E-state index contributed by atoms with van der Waals surface area (Å²) in [6.07, 6.45) is 2.32. The first-order chi connectivity index (χ1) is 9.34. The van der Waals surface area contributed by atoms with Crippen LogP contribution in [-0.4, -0.2) is 12.5 Å². The summed E-state index contributed by atoms with van der Waals surface area (Å²) in [6.45, 7) is 6.94. The molecule has 0 saturated carbocycles. The Bertz CT molecular complexity index is 429. The Morgan fingerprint density at radius 3 is 2.45 bits per heavy atom. The van der Waals surface area contributed by atoms with Crippen molar-refractivity contribution in [3.63, 3.8) is 0 Å². The zero-order valence-electron chi connectivity index (χ0n) is 12.6. The van der Waals surface area contributed by atoms with Crippen LogP contribution in [0.3, 0.4) is 0 Å². The molecule has 3 nitrogen and oxygen atoms in total. The predicted octanol–water partition coefficient (Wildman–Crippen LogP) is 3.67. The van der Waals surface area contributed by atoms with Gasteiger partial charge in [-0.15, -0.1) is 0 Å². The average molecular weight is 297 g/mol. The Kier molecular flexibility index (Phi) is 6.50. The lowest BCUT2D eigenvalue weighted by molar-refractivity contribution is -0.122. The SMILES string of the molecule is C[C@@H](NC(=O)CCC(C)(C)CCN)c1ccc(Cl)cc1. The fourth-order valence-corrected chi connectivity index (χ4v) is 2.24. The lowest BCUT2D eigenvalue weighted by Gasteiger charge is -2.24. The van der Waals surface area contributed by atoms with Gasteiger partial charge in [-0.05, 0) is 49.4 Å². The number of halogens is 1. The molecule has 112 valence electrons. The molecule has 1 aromatic rings. The highest BCUT2D eigenvalue weighted by atomic mass is 35.5. The van der Waals surface area contributed by atoms with Gasteiger partial charge in [0.15, 0.2) is 0 Å². The number of rotatable bonds is 7. The van der Waals surface area contributed by atoms with Gasteiger partial charge in [-0.25, -0.2) is 0 Å². The highest BCUT2D eigenvalue weighted by molar-refractivity contribution is 6.30. The summed E-state index contributed by atoms with van der Waals surface area (Å²) in [5.74, 6) is 0.0811. The van der Waals surface area contributed by atoms with Crippen LogP contribution in [0.5, 0.6) is 0 Å². The fourth-order valence-electron chi connectivity index (χ4n) is 2.12. The Morgan fingerprint density at radius 1 is 1.30 bits per heavy atom. The van der Waals surface area contributed by atoms with Crippen molar-refractivity contribution in [2.45, 2.75) is 46.1 Å². The summed E-state index contributed by atoms with van der Waals surface area (Å²) in [5.41, 5.74) is 6.76. The van der Waals surface area contributed by atoms with Crippen LogP contribution in [0.2, 0.25) is 5.02 Å². The second-order valence-corrected chi connectivity index (χ2v) is 6.48. The monoisotopic (exact) mass is 296 g/mol. The molecular weight excluding hydrogens is 272 g/mol. The minimum Gasteiger partial charge on any atom is -0.350 e. The lowest BCUT2D eigenvalue weighted by Crippen LogP contribution is -2.28. The third-order valence-electron chi connectivity index (χ3n) is 3.60. The number of carbonyl (C=O) groups is 1. The van der Waals surface area contributed by atoms with E-state index >= 15 is 0 Å². The average Bonchev–Trinajstić information content (AvgIpc) is 2.37. The normalized spacial score (nSPS) is 13.1. The Morgan fingerprint density at radius 2 is 1.90 bits per heavy atom. The van der Waals surface area contributed by atoms with E-state index in [0.717, 1.165) is 18.4 Å². The van der Waals surface area contributed by atoms with Gasteiger partial charge in [0.05, 0.1) is 6.04 Å². The molecule has 0 saturated heterocycles. The summed E-state index contributed by atoms with van der Waals surface area (Å²) in [5, 5.41) is 3.72. The van der Waals surface area contributed by atoms with E-state index in [-0.39, 0.29) is 17.4 Å². The lowest BCUT2D eigenvalue weighted by atomic mass is 9.84. The van der Waals surface area contributed by atoms with E-state index in [1.165, 1.54) is 0 Å². The van der Waals surface area contributed by atoms with Gasteiger partial charge in [0, 0.05) is 11.4 Å². The molecule has 1 amide bonds. The molecule has 4 heteroatoms. The molecule has 0 aliphatic heterocycles. The quantitative estimate of drug-likeness (QED) is 0.806. The van der Waals surface area contributed by atoms with Crippen LogP contribution in [0, 0.1) is 5.41 Å². The van der Waals surface area contributed by atoms with Gasteiger partial charge in [0.25, 0.3) is 0 Å². The van der Waals surface area contributed by atoms with Crippen molar-refractivity contribution in [3.8, 4) is 0 Å². The van der Waals surface area contributed by atoms with E-state index in [1.54, 1.807) is 0 Å². The van der Waals surface area contributed by atoms with Crippen molar-refractivity contribution in [1.29, 1.82) is 0 Å². The number of nitrogens with two attached hydrogens (primary N) is 1. The van der Waals surface area contributed by atoms with Gasteiger partial charge in [0.2, 0.25) is 5.91 Å². The molecule has 3 N–H and O–H groups in total. The molecule has 0 aliphatic carbocycles. The number of carbonyl (C=O) groups excluding carboxylic acids is 1. The highest BCUT2D eigenvalue weighted by Crippen LogP contribution is 2.26. The smallest absolute Gasteiger partial charge is 0.220 e. The number of nitrogens with one attached hydrogen (secondary N) is 1. The third-order valence-corrected chi connectivity index (χ3v) is 3.85. The number of hydrogen-bond acceptors (Lipinski definition) is 2. The molecule has 1 rings (SSSR count).